The van der Waals surface area contributed by atoms with E-state index in [0.29, 0.717) is 11.4 Å². The number of amides is 1. The standard InChI is InChI=1S/C20H20ClN5O3/c1-14(16-8-5-9-17(21)11-16)23-19(27)12-29-20(28)18(26-13-22-24-25-26)10-15-6-3-2-4-7-15/h2-9,11,13-14,18H,10,12H2,1H3,(H,23,27)/t14-,18+/m0/s1. The van der Waals surface area contributed by atoms with Gasteiger partial charge in [-0.2, -0.15) is 0 Å². The summed E-state index contributed by atoms with van der Waals surface area (Å²) in [6, 6.07) is 15.6. The number of hydrogen-bond donors (Lipinski definition) is 1. The molecule has 150 valence electrons. The molecule has 29 heavy (non-hydrogen) atoms. The Labute approximate surface area is 172 Å². The molecule has 0 spiro atoms. The minimum absolute atomic E-state index is 0.278. The summed E-state index contributed by atoms with van der Waals surface area (Å²) in [5.74, 6) is -1.01. The smallest absolute Gasteiger partial charge is 0.331 e. The highest BCUT2D eigenvalue weighted by molar-refractivity contribution is 6.30. The van der Waals surface area contributed by atoms with Gasteiger partial charge in [-0.05, 0) is 40.6 Å². The van der Waals surface area contributed by atoms with Gasteiger partial charge in [0.1, 0.15) is 6.33 Å². The predicted molar refractivity (Wildman–Crippen MR) is 106 cm³/mol. The van der Waals surface area contributed by atoms with Crippen molar-refractivity contribution in [1.29, 1.82) is 0 Å². The molecule has 0 aliphatic carbocycles. The molecule has 1 heterocycles. The van der Waals surface area contributed by atoms with Gasteiger partial charge in [0.2, 0.25) is 0 Å². The van der Waals surface area contributed by atoms with Crippen LogP contribution in [-0.2, 0) is 20.7 Å². The summed E-state index contributed by atoms with van der Waals surface area (Å²) in [4.78, 5) is 24.8. The molecular formula is C20H20ClN5O3. The summed E-state index contributed by atoms with van der Waals surface area (Å²) in [5, 5.41) is 14.3. The van der Waals surface area contributed by atoms with Gasteiger partial charge in [0, 0.05) is 11.4 Å². The second kappa shape index (κ2) is 9.79. The van der Waals surface area contributed by atoms with Crippen molar-refractivity contribution in [2.24, 2.45) is 0 Å². The van der Waals surface area contributed by atoms with Crippen LogP contribution in [0.4, 0.5) is 0 Å². The largest absolute Gasteiger partial charge is 0.454 e. The minimum Gasteiger partial charge on any atom is -0.454 e. The molecule has 0 radical (unpaired) electrons. The number of tetrazole rings is 1. The predicted octanol–water partition coefficient (Wildman–Crippen LogP) is 2.53. The second-order valence-electron chi connectivity index (χ2n) is 6.45. The maximum Gasteiger partial charge on any atom is 0.331 e. The lowest BCUT2D eigenvalue weighted by Crippen LogP contribution is -2.33. The molecule has 2 atom stereocenters. The van der Waals surface area contributed by atoms with Crippen LogP contribution >= 0.6 is 11.6 Å². The first kappa shape index (κ1) is 20.5. The molecule has 0 saturated carbocycles. The van der Waals surface area contributed by atoms with Crippen LogP contribution in [-0.4, -0.2) is 38.7 Å². The zero-order valence-corrected chi connectivity index (χ0v) is 16.5. The van der Waals surface area contributed by atoms with Crippen molar-refractivity contribution in [2.75, 3.05) is 6.61 Å². The Kier molecular flexibility index (Phi) is 6.91. The average molecular weight is 414 g/mol. The van der Waals surface area contributed by atoms with E-state index >= 15 is 0 Å². The molecule has 2 aromatic carbocycles. The van der Waals surface area contributed by atoms with E-state index in [1.807, 2.05) is 43.3 Å². The van der Waals surface area contributed by atoms with Crippen LogP contribution < -0.4 is 5.32 Å². The van der Waals surface area contributed by atoms with Crippen molar-refractivity contribution in [1.82, 2.24) is 25.5 Å². The van der Waals surface area contributed by atoms with Crippen molar-refractivity contribution in [3.8, 4) is 0 Å². The summed E-state index contributed by atoms with van der Waals surface area (Å²) in [6.45, 7) is 1.42. The fourth-order valence-corrected chi connectivity index (χ4v) is 3.01. The van der Waals surface area contributed by atoms with Crippen molar-refractivity contribution in [3.63, 3.8) is 0 Å². The third kappa shape index (κ3) is 5.86. The number of carbonyl (C=O) groups is 2. The highest BCUT2D eigenvalue weighted by Crippen LogP contribution is 2.18. The Morgan fingerprint density at radius 2 is 1.97 bits per heavy atom. The molecule has 3 aromatic rings. The van der Waals surface area contributed by atoms with E-state index < -0.39 is 24.5 Å². The van der Waals surface area contributed by atoms with Crippen molar-refractivity contribution in [3.05, 3.63) is 77.1 Å². The van der Waals surface area contributed by atoms with E-state index in [9.17, 15) is 9.59 Å². The van der Waals surface area contributed by atoms with Crippen molar-refractivity contribution >= 4 is 23.5 Å². The van der Waals surface area contributed by atoms with E-state index in [-0.39, 0.29) is 6.04 Å². The molecular weight excluding hydrogens is 394 g/mol. The first-order valence-corrected chi connectivity index (χ1v) is 9.38. The summed E-state index contributed by atoms with van der Waals surface area (Å²) < 4.78 is 6.55. The molecule has 0 aliphatic rings. The molecule has 1 N–H and O–H groups in total. The van der Waals surface area contributed by atoms with E-state index in [4.69, 9.17) is 16.3 Å². The van der Waals surface area contributed by atoms with Crippen LogP contribution in [0.25, 0.3) is 0 Å². The lowest BCUT2D eigenvalue weighted by molar-refractivity contribution is -0.152. The fourth-order valence-electron chi connectivity index (χ4n) is 2.81. The molecule has 1 aromatic heterocycles. The quantitative estimate of drug-likeness (QED) is 0.570. The molecule has 0 bridgehead atoms. The minimum atomic E-state index is -0.773. The lowest BCUT2D eigenvalue weighted by atomic mass is 10.1. The van der Waals surface area contributed by atoms with Crippen LogP contribution in [0.1, 0.15) is 30.1 Å². The number of nitrogens with one attached hydrogen (secondary N) is 1. The van der Waals surface area contributed by atoms with Crippen LogP contribution in [0, 0.1) is 0 Å². The number of aromatic nitrogens is 4. The Morgan fingerprint density at radius 3 is 2.66 bits per heavy atom. The van der Waals surface area contributed by atoms with E-state index in [1.54, 1.807) is 18.2 Å². The van der Waals surface area contributed by atoms with Gasteiger partial charge in [-0.3, -0.25) is 4.79 Å². The monoisotopic (exact) mass is 413 g/mol. The molecule has 0 fully saturated rings. The van der Waals surface area contributed by atoms with Crippen molar-refractivity contribution in [2.45, 2.75) is 25.4 Å². The SMILES string of the molecule is C[C@H](NC(=O)COC(=O)[C@@H](Cc1ccccc1)n1cnnn1)c1cccc(Cl)c1. The maximum atomic E-state index is 12.6. The van der Waals surface area contributed by atoms with Crippen LogP contribution in [0.5, 0.6) is 0 Å². The lowest BCUT2D eigenvalue weighted by Gasteiger charge is -2.17. The Morgan fingerprint density at radius 1 is 1.17 bits per heavy atom. The zero-order valence-electron chi connectivity index (χ0n) is 15.7. The van der Waals surface area contributed by atoms with Gasteiger partial charge in [-0.15, -0.1) is 5.10 Å². The summed E-state index contributed by atoms with van der Waals surface area (Å²) in [6.07, 6.45) is 1.68. The van der Waals surface area contributed by atoms with Crippen LogP contribution in [0.3, 0.4) is 0 Å². The van der Waals surface area contributed by atoms with E-state index in [2.05, 4.69) is 20.8 Å². The fraction of sp³-hybridized carbons (Fsp3) is 0.250. The summed E-state index contributed by atoms with van der Waals surface area (Å²) in [5.41, 5.74) is 1.77. The summed E-state index contributed by atoms with van der Waals surface area (Å²) >= 11 is 5.98. The topological polar surface area (TPSA) is 99.0 Å². The summed E-state index contributed by atoms with van der Waals surface area (Å²) in [7, 11) is 0. The third-order valence-electron chi connectivity index (χ3n) is 4.30. The first-order valence-electron chi connectivity index (χ1n) is 9.01. The van der Waals surface area contributed by atoms with Gasteiger partial charge in [0.05, 0.1) is 6.04 Å². The number of carbonyl (C=O) groups excluding carboxylic acids is 2. The van der Waals surface area contributed by atoms with Crippen molar-refractivity contribution < 1.29 is 14.3 Å². The molecule has 0 unspecified atom stereocenters. The van der Waals surface area contributed by atoms with Crippen LogP contribution in [0.15, 0.2) is 60.9 Å². The van der Waals surface area contributed by atoms with Gasteiger partial charge in [-0.25, -0.2) is 9.48 Å². The number of halogens is 1. The third-order valence-corrected chi connectivity index (χ3v) is 4.53. The Balaban J connectivity index is 1.58. The molecule has 3 rings (SSSR count). The Bertz CT molecular complexity index is 950. The molecule has 9 heteroatoms. The van der Waals surface area contributed by atoms with Gasteiger partial charge in [0.15, 0.2) is 12.6 Å². The molecule has 0 aliphatic heterocycles. The maximum absolute atomic E-state index is 12.6. The van der Waals surface area contributed by atoms with Gasteiger partial charge in [-0.1, -0.05) is 54.1 Å². The molecule has 1 amide bonds. The van der Waals surface area contributed by atoms with Gasteiger partial charge >= 0.3 is 5.97 Å². The normalized spacial score (nSPS) is 12.8. The average Bonchev–Trinajstić information content (AvgIpc) is 3.25. The number of rotatable bonds is 8. The van der Waals surface area contributed by atoms with Crippen LogP contribution in [0.2, 0.25) is 5.02 Å². The highest BCUT2D eigenvalue weighted by Gasteiger charge is 2.25. The molecule has 0 saturated heterocycles. The highest BCUT2D eigenvalue weighted by atomic mass is 35.5. The number of ether oxygens (including phenoxy) is 1. The number of hydrogen-bond acceptors (Lipinski definition) is 6. The molecule has 8 nitrogen and oxygen atoms in total. The van der Waals surface area contributed by atoms with E-state index in [0.717, 1.165) is 11.1 Å². The number of esters is 1. The Hall–Kier alpha value is -3.26. The van der Waals surface area contributed by atoms with E-state index in [1.165, 1.54) is 11.0 Å². The number of benzene rings is 2. The first-order chi connectivity index (χ1) is 14.0. The number of nitrogens with zero attached hydrogens (tertiary/aromatic N) is 4. The van der Waals surface area contributed by atoms with Gasteiger partial charge < -0.3 is 10.1 Å². The van der Waals surface area contributed by atoms with Gasteiger partial charge in [0.25, 0.3) is 5.91 Å². The second-order valence-corrected chi connectivity index (χ2v) is 6.88. The zero-order chi connectivity index (χ0) is 20.6.